The summed E-state index contributed by atoms with van der Waals surface area (Å²) in [5.74, 6) is 0.317. The average molecular weight is 277 g/mol. The van der Waals surface area contributed by atoms with Gasteiger partial charge in [-0.25, -0.2) is 0 Å². The fourth-order valence-corrected chi connectivity index (χ4v) is 1.74. The Morgan fingerprint density at radius 3 is 2.95 bits per heavy atom. The Kier molecular flexibility index (Phi) is 4.36. The lowest BCUT2D eigenvalue weighted by molar-refractivity contribution is 0.102. The zero-order chi connectivity index (χ0) is 13.7. The number of nitrogens with one attached hydrogen (secondary N) is 1. The summed E-state index contributed by atoms with van der Waals surface area (Å²) in [7, 11) is 0. The second-order valence-electron chi connectivity index (χ2n) is 3.77. The molecule has 0 aliphatic heterocycles. The fourth-order valence-electron chi connectivity index (χ4n) is 1.55. The molecular weight excluding hydrogens is 264 g/mol. The molecule has 0 saturated carbocycles. The third kappa shape index (κ3) is 3.69. The number of benzene rings is 1. The van der Waals surface area contributed by atoms with Gasteiger partial charge in [0.05, 0.1) is 6.61 Å². The molecule has 98 valence electrons. The number of rotatable bonds is 4. The van der Waals surface area contributed by atoms with Crippen LogP contribution in [0.25, 0.3) is 0 Å². The van der Waals surface area contributed by atoms with Crippen molar-refractivity contribution < 1.29 is 9.53 Å². The summed E-state index contributed by atoms with van der Waals surface area (Å²) >= 11 is 5.85. The lowest BCUT2D eigenvalue weighted by Gasteiger charge is -2.07. The number of amides is 1. The normalized spacial score (nSPS) is 10.0. The van der Waals surface area contributed by atoms with Gasteiger partial charge in [0, 0.05) is 23.0 Å². The van der Waals surface area contributed by atoms with Gasteiger partial charge in [-0.3, -0.25) is 9.78 Å². The molecule has 1 aromatic carbocycles. The number of hydrogen-bond donors (Lipinski definition) is 1. The molecule has 1 heterocycles. The molecule has 1 N–H and O–H groups in total. The van der Waals surface area contributed by atoms with E-state index in [9.17, 15) is 4.79 Å². The van der Waals surface area contributed by atoms with E-state index < -0.39 is 0 Å². The lowest BCUT2D eigenvalue weighted by atomic mass is 10.3. The van der Waals surface area contributed by atoms with Gasteiger partial charge < -0.3 is 10.1 Å². The van der Waals surface area contributed by atoms with Gasteiger partial charge in [-0.2, -0.15) is 0 Å². The van der Waals surface area contributed by atoms with Crippen LogP contribution >= 0.6 is 11.6 Å². The standard InChI is InChI=1S/C14H13ClN2O2/c1-2-19-12-6-7-16-13(9-12)14(18)17-11-5-3-4-10(15)8-11/h3-9H,2H2,1H3,(H,17,18). The van der Waals surface area contributed by atoms with E-state index >= 15 is 0 Å². The predicted molar refractivity (Wildman–Crippen MR) is 74.8 cm³/mol. The highest BCUT2D eigenvalue weighted by Gasteiger charge is 2.09. The summed E-state index contributed by atoms with van der Waals surface area (Å²) in [5, 5.41) is 3.29. The Hall–Kier alpha value is -2.07. The first-order valence-corrected chi connectivity index (χ1v) is 6.22. The van der Waals surface area contributed by atoms with Crippen LogP contribution in [0, 0.1) is 0 Å². The molecular formula is C14H13ClN2O2. The highest BCUT2D eigenvalue weighted by Crippen LogP contribution is 2.16. The van der Waals surface area contributed by atoms with Gasteiger partial charge in [0.25, 0.3) is 5.91 Å². The van der Waals surface area contributed by atoms with E-state index in [0.29, 0.717) is 28.8 Å². The Balaban J connectivity index is 2.13. The van der Waals surface area contributed by atoms with Crippen LogP contribution in [0.4, 0.5) is 5.69 Å². The molecule has 0 spiro atoms. The summed E-state index contributed by atoms with van der Waals surface area (Å²) in [5.41, 5.74) is 0.923. The molecule has 0 fully saturated rings. The molecule has 0 bridgehead atoms. The van der Waals surface area contributed by atoms with Crippen LogP contribution in [0.3, 0.4) is 0 Å². The first kappa shape index (κ1) is 13.4. The Morgan fingerprint density at radius 2 is 2.21 bits per heavy atom. The molecule has 1 amide bonds. The third-order valence-electron chi connectivity index (χ3n) is 2.36. The Labute approximate surface area is 116 Å². The maximum Gasteiger partial charge on any atom is 0.274 e. The largest absolute Gasteiger partial charge is 0.494 e. The van der Waals surface area contributed by atoms with Gasteiger partial charge in [-0.15, -0.1) is 0 Å². The average Bonchev–Trinajstić information content (AvgIpc) is 2.39. The molecule has 2 aromatic rings. The van der Waals surface area contributed by atoms with Crippen molar-refractivity contribution in [2.45, 2.75) is 6.92 Å². The highest BCUT2D eigenvalue weighted by atomic mass is 35.5. The van der Waals surface area contributed by atoms with E-state index in [1.165, 1.54) is 6.20 Å². The molecule has 0 aliphatic rings. The summed E-state index contributed by atoms with van der Waals surface area (Å²) in [6.45, 7) is 2.42. The van der Waals surface area contributed by atoms with E-state index in [0.717, 1.165) is 0 Å². The summed E-state index contributed by atoms with van der Waals surface area (Å²) < 4.78 is 5.32. The number of carbonyl (C=O) groups excluding carboxylic acids is 1. The monoisotopic (exact) mass is 276 g/mol. The predicted octanol–water partition coefficient (Wildman–Crippen LogP) is 3.39. The third-order valence-corrected chi connectivity index (χ3v) is 2.59. The van der Waals surface area contributed by atoms with E-state index in [-0.39, 0.29) is 5.91 Å². The molecule has 0 atom stereocenters. The molecule has 0 saturated heterocycles. The molecule has 1 aromatic heterocycles. The Morgan fingerprint density at radius 1 is 1.37 bits per heavy atom. The van der Waals surface area contributed by atoms with E-state index in [1.54, 1.807) is 36.4 Å². The van der Waals surface area contributed by atoms with Gasteiger partial charge in [0.1, 0.15) is 11.4 Å². The first-order valence-electron chi connectivity index (χ1n) is 5.85. The minimum absolute atomic E-state index is 0.297. The minimum Gasteiger partial charge on any atom is -0.494 e. The summed E-state index contributed by atoms with van der Waals surface area (Å²) in [6, 6.07) is 10.2. The van der Waals surface area contributed by atoms with Crippen molar-refractivity contribution in [3.8, 4) is 5.75 Å². The van der Waals surface area contributed by atoms with Gasteiger partial charge in [0.15, 0.2) is 0 Å². The molecule has 5 heteroatoms. The zero-order valence-corrected chi connectivity index (χ0v) is 11.1. The summed E-state index contributed by atoms with van der Waals surface area (Å²) in [6.07, 6.45) is 1.54. The molecule has 0 radical (unpaired) electrons. The number of anilines is 1. The molecule has 0 aliphatic carbocycles. The summed E-state index contributed by atoms with van der Waals surface area (Å²) in [4.78, 5) is 16.0. The van der Waals surface area contributed by atoms with Gasteiger partial charge >= 0.3 is 0 Å². The van der Waals surface area contributed by atoms with E-state index in [4.69, 9.17) is 16.3 Å². The van der Waals surface area contributed by atoms with Crippen molar-refractivity contribution in [1.82, 2.24) is 4.98 Å². The highest BCUT2D eigenvalue weighted by molar-refractivity contribution is 6.30. The molecule has 0 unspecified atom stereocenters. The van der Waals surface area contributed by atoms with E-state index in [1.807, 2.05) is 6.92 Å². The zero-order valence-electron chi connectivity index (χ0n) is 10.4. The van der Waals surface area contributed by atoms with Crippen molar-refractivity contribution in [2.75, 3.05) is 11.9 Å². The topological polar surface area (TPSA) is 51.2 Å². The maximum absolute atomic E-state index is 12.0. The number of aromatic nitrogens is 1. The van der Waals surface area contributed by atoms with Gasteiger partial charge in [0.2, 0.25) is 0 Å². The van der Waals surface area contributed by atoms with Crippen molar-refractivity contribution in [3.63, 3.8) is 0 Å². The van der Waals surface area contributed by atoms with Crippen LogP contribution < -0.4 is 10.1 Å². The minimum atomic E-state index is -0.302. The maximum atomic E-state index is 12.0. The number of carbonyl (C=O) groups is 1. The molecule has 4 nitrogen and oxygen atoms in total. The van der Waals surface area contributed by atoms with Crippen LogP contribution in [0.5, 0.6) is 5.75 Å². The van der Waals surface area contributed by atoms with E-state index in [2.05, 4.69) is 10.3 Å². The number of halogens is 1. The SMILES string of the molecule is CCOc1ccnc(C(=O)Nc2cccc(Cl)c2)c1. The number of ether oxygens (including phenoxy) is 1. The lowest BCUT2D eigenvalue weighted by Crippen LogP contribution is -2.13. The second kappa shape index (κ2) is 6.20. The fraction of sp³-hybridized carbons (Fsp3) is 0.143. The van der Waals surface area contributed by atoms with Crippen LogP contribution in [0.1, 0.15) is 17.4 Å². The number of pyridine rings is 1. The smallest absolute Gasteiger partial charge is 0.274 e. The van der Waals surface area contributed by atoms with Gasteiger partial charge in [-0.05, 0) is 31.2 Å². The quantitative estimate of drug-likeness (QED) is 0.931. The van der Waals surface area contributed by atoms with Gasteiger partial charge in [-0.1, -0.05) is 17.7 Å². The van der Waals surface area contributed by atoms with Crippen molar-refractivity contribution in [2.24, 2.45) is 0 Å². The Bertz CT molecular complexity index is 587. The van der Waals surface area contributed by atoms with Crippen molar-refractivity contribution in [3.05, 3.63) is 53.3 Å². The molecule has 2 rings (SSSR count). The van der Waals surface area contributed by atoms with Crippen molar-refractivity contribution in [1.29, 1.82) is 0 Å². The van der Waals surface area contributed by atoms with Crippen LogP contribution in [0.15, 0.2) is 42.6 Å². The van der Waals surface area contributed by atoms with Crippen molar-refractivity contribution >= 4 is 23.2 Å². The van der Waals surface area contributed by atoms with Crippen LogP contribution in [0.2, 0.25) is 5.02 Å². The van der Waals surface area contributed by atoms with Crippen LogP contribution in [-0.4, -0.2) is 17.5 Å². The first-order chi connectivity index (χ1) is 9.19. The molecule has 19 heavy (non-hydrogen) atoms. The number of nitrogens with zero attached hydrogens (tertiary/aromatic N) is 1. The second-order valence-corrected chi connectivity index (χ2v) is 4.21. The number of hydrogen-bond acceptors (Lipinski definition) is 3. The van der Waals surface area contributed by atoms with Crippen LogP contribution in [-0.2, 0) is 0 Å².